The van der Waals surface area contributed by atoms with Crippen molar-refractivity contribution in [2.45, 2.75) is 26.7 Å². The molecule has 0 atom stereocenters. The summed E-state index contributed by atoms with van der Waals surface area (Å²) in [6.45, 7) is 5.56. The first kappa shape index (κ1) is 24.3. The highest BCUT2D eigenvalue weighted by molar-refractivity contribution is 7.80. The number of anilines is 1. The second kappa shape index (κ2) is 12.6. The molecule has 0 aliphatic rings. The highest BCUT2D eigenvalue weighted by Crippen LogP contribution is 2.17. The Morgan fingerprint density at radius 1 is 0.879 bits per heavy atom. The van der Waals surface area contributed by atoms with E-state index in [1.54, 1.807) is 18.2 Å². The predicted octanol–water partition coefficient (Wildman–Crippen LogP) is 5.86. The standard InChI is InChI=1S/C27H30N2O3S/c1-20(2)15-17-31-24-13-11-23(12-14-24)28-27(33)29-26(30)22-9-6-10-25(19-22)32-18-16-21-7-4-3-5-8-21/h3-14,19-20H,15-18H2,1-2H3,(H2,28,29,30,33). The smallest absolute Gasteiger partial charge is 0.257 e. The molecule has 0 aliphatic carbocycles. The number of carbonyl (C=O) groups is 1. The van der Waals surface area contributed by atoms with Crippen molar-refractivity contribution in [3.8, 4) is 11.5 Å². The van der Waals surface area contributed by atoms with Gasteiger partial charge in [-0.25, -0.2) is 0 Å². The van der Waals surface area contributed by atoms with Gasteiger partial charge in [0.15, 0.2) is 5.11 Å². The fourth-order valence-corrected chi connectivity index (χ4v) is 3.25. The van der Waals surface area contributed by atoms with Gasteiger partial charge in [-0.3, -0.25) is 10.1 Å². The van der Waals surface area contributed by atoms with Gasteiger partial charge in [-0.05, 0) is 72.6 Å². The normalized spacial score (nSPS) is 10.5. The summed E-state index contributed by atoms with van der Waals surface area (Å²) in [7, 11) is 0. The van der Waals surface area contributed by atoms with Crippen LogP contribution in [0, 0.1) is 5.92 Å². The molecule has 1 amide bonds. The number of ether oxygens (including phenoxy) is 2. The summed E-state index contributed by atoms with van der Waals surface area (Å²) in [6.07, 6.45) is 1.81. The zero-order valence-corrected chi connectivity index (χ0v) is 19.9. The zero-order chi connectivity index (χ0) is 23.5. The van der Waals surface area contributed by atoms with Crippen molar-refractivity contribution >= 4 is 28.9 Å². The van der Waals surface area contributed by atoms with Crippen LogP contribution < -0.4 is 20.1 Å². The van der Waals surface area contributed by atoms with Crippen LogP contribution in [0.4, 0.5) is 5.69 Å². The summed E-state index contributed by atoms with van der Waals surface area (Å²) < 4.78 is 11.5. The lowest BCUT2D eigenvalue weighted by atomic mass is 10.1. The van der Waals surface area contributed by atoms with Crippen molar-refractivity contribution in [1.29, 1.82) is 0 Å². The van der Waals surface area contributed by atoms with E-state index in [9.17, 15) is 4.79 Å². The number of nitrogens with one attached hydrogen (secondary N) is 2. The summed E-state index contributed by atoms with van der Waals surface area (Å²) in [5.41, 5.74) is 2.46. The molecule has 0 unspecified atom stereocenters. The summed E-state index contributed by atoms with van der Waals surface area (Å²) >= 11 is 5.30. The summed E-state index contributed by atoms with van der Waals surface area (Å²) in [5.74, 6) is 1.76. The Morgan fingerprint density at radius 3 is 2.33 bits per heavy atom. The average Bonchev–Trinajstić information content (AvgIpc) is 2.81. The Hall–Kier alpha value is -3.38. The van der Waals surface area contributed by atoms with E-state index in [4.69, 9.17) is 21.7 Å². The Balaban J connectivity index is 1.46. The topological polar surface area (TPSA) is 59.6 Å². The number of benzene rings is 3. The molecule has 3 rings (SSSR count). The van der Waals surface area contributed by atoms with Crippen LogP contribution in [0.1, 0.15) is 36.2 Å². The fraction of sp³-hybridized carbons (Fsp3) is 0.259. The van der Waals surface area contributed by atoms with Crippen LogP contribution in [-0.4, -0.2) is 24.2 Å². The molecular formula is C27H30N2O3S. The zero-order valence-electron chi connectivity index (χ0n) is 19.0. The van der Waals surface area contributed by atoms with Crippen LogP contribution in [0.2, 0.25) is 0 Å². The Kier molecular flexibility index (Phi) is 9.27. The van der Waals surface area contributed by atoms with Gasteiger partial charge in [-0.1, -0.05) is 50.2 Å². The number of hydrogen-bond donors (Lipinski definition) is 2. The van der Waals surface area contributed by atoms with Crippen LogP contribution in [0.5, 0.6) is 11.5 Å². The maximum Gasteiger partial charge on any atom is 0.257 e. The van der Waals surface area contributed by atoms with Crippen molar-refractivity contribution in [3.05, 3.63) is 90.0 Å². The molecule has 3 aromatic carbocycles. The molecule has 0 fully saturated rings. The number of hydrogen-bond acceptors (Lipinski definition) is 4. The van der Waals surface area contributed by atoms with Crippen LogP contribution in [-0.2, 0) is 6.42 Å². The molecular weight excluding hydrogens is 432 g/mol. The molecule has 3 aromatic rings. The van der Waals surface area contributed by atoms with Crippen LogP contribution in [0.25, 0.3) is 0 Å². The Labute approximate surface area is 201 Å². The van der Waals surface area contributed by atoms with Gasteiger partial charge in [-0.2, -0.15) is 0 Å². The fourth-order valence-electron chi connectivity index (χ4n) is 3.04. The third-order valence-corrected chi connectivity index (χ3v) is 5.11. The molecule has 0 aliphatic heterocycles. The average molecular weight is 463 g/mol. The number of amides is 1. The third-order valence-electron chi connectivity index (χ3n) is 4.90. The van der Waals surface area contributed by atoms with Gasteiger partial charge < -0.3 is 14.8 Å². The van der Waals surface area contributed by atoms with Crippen molar-refractivity contribution in [2.24, 2.45) is 5.92 Å². The van der Waals surface area contributed by atoms with Gasteiger partial charge >= 0.3 is 0 Å². The molecule has 0 heterocycles. The van der Waals surface area contributed by atoms with Crippen molar-refractivity contribution in [2.75, 3.05) is 18.5 Å². The maximum atomic E-state index is 12.6. The quantitative estimate of drug-likeness (QED) is 0.370. The lowest BCUT2D eigenvalue weighted by molar-refractivity contribution is 0.0977. The third kappa shape index (κ3) is 8.58. The second-order valence-electron chi connectivity index (χ2n) is 8.08. The molecule has 172 valence electrons. The molecule has 33 heavy (non-hydrogen) atoms. The first-order valence-electron chi connectivity index (χ1n) is 11.1. The largest absolute Gasteiger partial charge is 0.494 e. The summed E-state index contributed by atoms with van der Waals surface area (Å²) in [5, 5.41) is 5.96. The first-order valence-corrected chi connectivity index (χ1v) is 11.5. The predicted molar refractivity (Wildman–Crippen MR) is 137 cm³/mol. The second-order valence-corrected chi connectivity index (χ2v) is 8.48. The van der Waals surface area contributed by atoms with E-state index in [0.29, 0.717) is 30.4 Å². The number of rotatable bonds is 10. The molecule has 0 aromatic heterocycles. The lowest BCUT2D eigenvalue weighted by Crippen LogP contribution is -2.34. The molecule has 0 bridgehead atoms. The Morgan fingerprint density at radius 2 is 1.61 bits per heavy atom. The molecule has 5 nitrogen and oxygen atoms in total. The van der Waals surface area contributed by atoms with E-state index >= 15 is 0 Å². The monoisotopic (exact) mass is 462 g/mol. The summed E-state index contributed by atoms with van der Waals surface area (Å²) in [4.78, 5) is 12.6. The molecule has 0 radical (unpaired) electrons. The minimum absolute atomic E-state index is 0.226. The van der Waals surface area contributed by atoms with E-state index < -0.39 is 0 Å². The molecule has 2 N–H and O–H groups in total. The molecule has 0 saturated heterocycles. The van der Waals surface area contributed by atoms with E-state index in [1.807, 2.05) is 48.5 Å². The molecule has 0 saturated carbocycles. The first-order chi connectivity index (χ1) is 16.0. The minimum Gasteiger partial charge on any atom is -0.494 e. The SMILES string of the molecule is CC(C)CCOc1ccc(NC(=S)NC(=O)c2cccc(OCCc3ccccc3)c2)cc1. The van der Waals surface area contributed by atoms with Gasteiger partial charge in [0.25, 0.3) is 5.91 Å². The van der Waals surface area contributed by atoms with E-state index in [-0.39, 0.29) is 11.0 Å². The highest BCUT2D eigenvalue weighted by Gasteiger charge is 2.09. The molecule has 6 heteroatoms. The van der Waals surface area contributed by atoms with Gasteiger partial charge in [0, 0.05) is 17.7 Å². The van der Waals surface area contributed by atoms with Crippen molar-refractivity contribution in [1.82, 2.24) is 5.32 Å². The van der Waals surface area contributed by atoms with Crippen LogP contribution in [0.15, 0.2) is 78.9 Å². The lowest BCUT2D eigenvalue weighted by Gasteiger charge is -2.12. The molecule has 0 spiro atoms. The van der Waals surface area contributed by atoms with Crippen LogP contribution in [0.3, 0.4) is 0 Å². The van der Waals surface area contributed by atoms with Crippen molar-refractivity contribution in [3.63, 3.8) is 0 Å². The van der Waals surface area contributed by atoms with E-state index in [2.05, 4.69) is 36.6 Å². The van der Waals surface area contributed by atoms with Gasteiger partial charge in [0.1, 0.15) is 11.5 Å². The Bertz CT molecular complexity index is 1040. The van der Waals surface area contributed by atoms with Crippen LogP contribution >= 0.6 is 12.2 Å². The number of thiocarbonyl (C=S) groups is 1. The van der Waals surface area contributed by atoms with Gasteiger partial charge in [0.2, 0.25) is 0 Å². The highest BCUT2D eigenvalue weighted by atomic mass is 32.1. The van der Waals surface area contributed by atoms with Gasteiger partial charge in [-0.15, -0.1) is 0 Å². The number of carbonyl (C=O) groups excluding carboxylic acids is 1. The maximum absolute atomic E-state index is 12.6. The van der Waals surface area contributed by atoms with E-state index in [0.717, 1.165) is 24.3 Å². The van der Waals surface area contributed by atoms with Crippen molar-refractivity contribution < 1.29 is 14.3 Å². The van der Waals surface area contributed by atoms with Gasteiger partial charge in [0.05, 0.1) is 13.2 Å². The minimum atomic E-state index is -0.297. The van der Waals surface area contributed by atoms with E-state index in [1.165, 1.54) is 5.56 Å². The summed E-state index contributed by atoms with van der Waals surface area (Å²) in [6, 6.07) is 24.7.